The Balaban J connectivity index is 1.67. The molecule has 0 spiro atoms. The van der Waals surface area contributed by atoms with Crippen LogP contribution in [0, 0.1) is 13.8 Å². The highest BCUT2D eigenvalue weighted by molar-refractivity contribution is 7.20. The quantitative estimate of drug-likeness (QED) is 0.697. The topological polar surface area (TPSA) is 46.1 Å². The fourth-order valence-corrected chi connectivity index (χ4v) is 4.42. The first-order valence-electron chi connectivity index (χ1n) is 8.61. The lowest BCUT2D eigenvalue weighted by molar-refractivity contribution is 0.0789. The molecule has 5 heteroatoms. The molecule has 0 aliphatic heterocycles. The summed E-state index contributed by atoms with van der Waals surface area (Å²) in [6.07, 6.45) is 2.36. The summed E-state index contributed by atoms with van der Waals surface area (Å²) in [7, 11) is 1.85. The van der Waals surface area contributed by atoms with Gasteiger partial charge in [-0.25, -0.2) is 9.97 Å². The number of rotatable bonds is 4. The number of aromatic nitrogens is 2. The molecule has 0 N–H and O–H groups in total. The standard InChI is InChI=1S/C20H21N3OS/c1-12-16-13(2)21-18(15-9-10-15)22-19(16)25-17(12)20(24)23(3)11-14-7-5-4-6-8-14/h4-8,15H,9-11H2,1-3H3. The van der Waals surface area contributed by atoms with Gasteiger partial charge in [0.25, 0.3) is 5.91 Å². The van der Waals surface area contributed by atoms with Gasteiger partial charge in [-0.05, 0) is 37.8 Å². The largest absolute Gasteiger partial charge is 0.337 e. The lowest BCUT2D eigenvalue weighted by atomic mass is 10.1. The molecule has 2 heterocycles. The van der Waals surface area contributed by atoms with Crippen molar-refractivity contribution in [3.63, 3.8) is 0 Å². The molecule has 1 amide bonds. The first-order chi connectivity index (χ1) is 12.0. The van der Waals surface area contributed by atoms with Gasteiger partial charge in [0, 0.05) is 24.9 Å². The molecule has 3 aromatic rings. The van der Waals surface area contributed by atoms with Gasteiger partial charge in [0.05, 0.1) is 10.6 Å². The summed E-state index contributed by atoms with van der Waals surface area (Å²) in [5.41, 5.74) is 3.12. The van der Waals surface area contributed by atoms with E-state index in [-0.39, 0.29) is 5.91 Å². The smallest absolute Gasteiger partial charge is 0.264 e. The van der Waals surface area contributed by atoms with Crippen molar-refractivity contribution in [3.05, 3.63) is 57.9 Å². The molecule has 0 unspecified atom stereocenters. The second kappa shape index (κ2) is 6.23. The zero-order valence-electron chi connectivity index (χ0n) is 14.7. The normalized spacial score (nSPS) is 14.0. The molecule has 1 fully saturated rings. The van der Waals surface area contributed by atoms with Crippen LogP contribution in [0.4, 0.5) is 0 Å². The Kier molecular flexibility index (Phi) is 4.04. The Labute approximate surface area is 151 Å². The molecule has 0 atom stereocenters. The average Bonchev–Trinajstić information content (AvgIpc) is 3.39. The van der Waals surface area contributed by atoms with Crippen molar-refractivity contribution in [2.75, 3.05) is 7.05 Å². The maximum absolute atomic E-state index is 13.0. The van der Waals surface area contributed by atoms with Crippen molar-refractivity contribution in [2.45, 2.75) is 39.2 Å². The Morgan fingerprint density at radius 1 is 1.20 bits per heavy atom. The van der Waals surface area contributed by atoms with E-state index in [0.29, 0.717) is 12.5 Å². The van der Waals surface area contributed by atoms with Crippen LogP contribution in [0.5, 0.6) is 0 Å². The van der Waals surface area contributed by atoms with E-state index in [2.05, 4.69) is 4.98 Å². The van der Waals surface area contributed by atoms with Crippen molar-refractivity contribution in [3.8, 4) is 0 Å². The molecule has 25 heavy (non-hydrogen) atoms. The maximum atomic E-state index is 13.0. The van der Waals surface area contributed by atoms with E-state index in [1.165, 1.54) is 24.2 Å². The number of amides is 1. The van der Waals surface area contributed by atoms with Crippen LogP contribution >= 0.6 is 11.3 Å². The molecule has 4 nitrogen and oxygen atoms in total. The molecule has 1 aromatic carbocycles. The van der Waals surface area contributed by atoms with Crippen LogP contribution < -0.4 is 0 Å². The molecular formula is C20H21N3OS. The molecule has 0 saturated heterocycles. The minimum Gasteiger partial charge on any atom is -0.337 e. The van der Waals surface area contributed by atoms with Gasteiger partial charge in [-0.15, -0.1) is 11.3 Å². The summed E-state index contributed by atoms with van der Waals surface area (Å²) in [4.78, 5) is 25.9. The van der Waals surface area contributed by atoms with E-state index in [9.17, 15) is 4.79 Å². The van der Waals surface area contributed by atoms with E-state index in [1.54, 1.807) is 4.90 Å². The van der Waals surface area contributed by atoms with Gasteiger partial charge in [-0.2, -0.15) is 0 Å². The summed E-state index contributed by atoms with van der Waals surface area (Å²) >= 11 is 1.50. The molecular weight excluding hydrogens is 330 g/mol. The number of hydrogen-bond acceptors (Lipinski definition) is 4. The number of carbonyl (C=O) groups excluding carboxylic acids is 1. The second-order valence-corrected chi connectivity index (χ2v) is 7.82. The van der Waals surface area contributed by atoms with Crippen molar-refractivity contribution in [1.29, 1.82) is 0 Å². The fourth-order valence-electron chi connectivity index (χ4n) is 3.19. The maximum Gasteiger partial charge on any atom is 0.264 e. The van der Waals surface area contributed by atoms with Crippen LogP contribution in [-0.4, -0.2) is 27.8 Å². The van der Waals surface area contributed by atoms with E-state index in [0.717, 1.165) is 37.7 Å². The third-order valence-corrected chi connectivity index (χ3v) is 5.91. The Bertz CT molecular complexity index is 944. The van der Waals surface area contributed by atoms with Gasteiger partial charge in [-0.3, -0.25) is 4.79 Å². The molecule has 1 aliphatic carbocycles. The molecule has 2 aromatic heterocycles. The second-order valence-electron chi connectivity index (χ2n) is 6.82. The van der Waals surface area contributed by atoms with Gasteiger partial charge in [0.1, 0.15) is 10.7 Å². The van der Waals surface area contributed by atoms with E-state index in [4.69, 9.17) is 4.98 Å². The number of fused-ring (bicyclic) bond motifs is 1. The first kappa shape index (κ1) is 16.2. The Hall–Kier alpha value is -2.27. The number of carbonyl (C=O) groups is 1. The Morgan fingerprint density at radius 3 is 2.60 bits per heavy atom. The fraction of sp³-hybridized carbons (Fsp3) is 0.350. The molecule has 4 rings (SSSR count). The van der Waals surface area contributed by atoms with E-state index >= 15 is 0 Å². The predicted molar refractivity (Wildman–Crippen MR) is 101 cm³/mol. The highest BCUT2D eigenvalue weighted by atomic mass is 32.1. The van der Waals surface area contributed by atoms with Crippen molar-refractivity contribution in [2.24, 2.45) is 0 Å². The van der Waals surface area contributed by atoms with Gasteiger partial charge >= 0.3 is 0 Å². The van der Waals surface area contributed by atoms with E-state index in [1.807, 2.05) is 51.2 Å². The molecule has 0 radical (unpaired) electrons. The van der Waals surface area contributed by atoms with Gasteiger partial charge in [-0.1, -0.05) is 30.3 Å². The van der Waals surface area contributed by atoms with Crippen LogP contribution in [0.2, 0.25) is 0 Å². The number of thiophene rings is 1. The van der Waals surface area contributed by atoms with Gasteiger partial charge in [0.2, 0.25) is 0 Å². The molecule has 1 aliphatic rings. The number of benzene rings is 1. The number of hydrogen-bond donors (Lipinski definition) is 0. The number of aryl methyl sites for hydroxylation is 2. The summed E-state index contributed by atoms with van der Waals surface area (Å²) in [6.45, 7) is 4.64. The zero-order chi connectivity index (χ0) is 17.6. The van der Waals surface area contributed by atoms with Crippen LogP contribution in [-0.2, 0) is 6.54 Å². The highest BCUT2D eigenvalue weighted by Gasteiger charge is 2.29. The molecule has 0 bridgehead atoms. The average molecular weight is 351 g/mol. The predicted octanol–water partition coefficient (Wildman–Crippen LogP) is 4.46. The minimum atomic E-state index is 0.0525. The summed E-state index contributed by atoms with van der Waals surface area (Å²) < 4.78 is 0. The number of nitrogens with zero attached hydrogens (tertiary/aromatic N) is 3. The van der Waals surface area contributed by atoms with Gasteiger partial charge in [0.15, 0.2) is 0 Å². The SMILES string of the molecule is Cc1nc(C2CC2)nc2sc(C(=O)N(C)Cc3ccccc3)c(C)c12. The van der Waals surface area contributed by atoms with Crippen LogP contribution in [0.15, 0.2) is 30.3 Å². The highest BCUT2D eigenvalue weighted by Crippen LogP contribution is 2.40. The lowest BCUT2D eigenvalue weighted by Gasteiger charge is -2.16. The zero-order valence-corrected chi connectivity index (χ0v) is 15.6. The van der Waals surface area contributed by atoms with Crippen molar-refractivity contribution in [1.82, 2.24) is 14.9 Å². The lowest BCUT2D eigenvalue weighted by Crippen LogP contribution is -2.25. The van der Waals surface area contributed by atoms with E-state index < -0.39 is 0 Å². The molecule has 1 saturated carbocycles. The summed E-state index contributed by atoms with van der Waals surface area (Å²) in [5, 5.41) is 1.05. The van der Waals surface area contributed by atoms with Crippen LogP contribution in [0.1, 0.15) is 51.1 Å². The first-order valence-corrected chi connectivity index (χ1v) is 9.43. The minimum absolute atomic E-state index is 0.0525. The third kappa shape index (κ3) is 3.04. The third-order valence-electron chi connectivity index (χ3n) is 4.73. The summed E-state index contributed by atoms with van der Waals surface area (Å²) in [6, 6.07) is 10.1. The van der Waals surface area contributed by atoms with Gasteiger partial charge < -0.3 is 4.90 Å². The van der Waals surface area contributed by atoms with Crippen LogP contribution in [0.3, 0.4) is 0 Å². The Morgan fingerprint density at radius 2 is 1.92 bits per heavy atom. The molecule has 128 valence electrons. The van der Waals surface area contributed by atoms with Crippen LogP contribution in [0.25, 0.3) is 10.2 Å². The monoisotopic (exact) mass is 351 g/mol. The van der Waals surface area contributed by atoms with Crippen molar-refractivity contribution >= 4 is 27.5 Å². The summed E-state index contributed by atoms with van der Waals surface area (Å²) in [5.74, 6) is 1.52. The van der Waals surface area contributed by atoms with Crippen molar-refractivity contribution < 1.29 is 4.79 Å².